The normalized spacial score (nSPS) is 12.0. The van der Waals surface area contributed by atoms with Gasteiger partial charge in [0.25, 0.3) is 5.91 Å². The molecule has 7 heteroatoms. The zero-order valence-electron chi connectivity index (χ0n) is 15.9. The van der Waals surface area contributed by atoms with Crippen molar-refractivity contribution in [3.05, 3.63) is 58.3 Å². The van der Waals surface area contributed by atoms with Gasteiger partial charge < -0.3 is 16.0 Å². The average molecular weight is 500 g/mol. The second-order valence-corrected chi connectivity index (χ2v) is 6.99. The van der Waals surface area contributed by atoms with E-state index in [1.165, 1.54) is 16.9 Å². The highest BCUT2D eigenvalue weighted by molar-refractivity contribution is 14.0. The Morgan fingerprint density at radius 2 is 1.81 bits per heavy atom. The molecule has 0 aliphatic carbocycles. The summed E-state index contributed by atoms with van der Waals surface area (Å²) in [5, 5.41) is 11.4. The van der Waals surface area contributed by atoms with Gasteiger partial charge in [-0.3, -0.25) is 9.79 Å². The van der Waals surface area contributed by atoms with E-state index in [9.17, 15) is 4.79 Å². The van der Waals surface area contributed by atoms with Crippen LogP contribution in [-0.4, -0.2) is 38.0 Å². The van der Waals surface area contributed by atoms with Gasteiger partial charge in [0.1, 0.15) is 0 Å². The number of hydrogen-bond acceptors (Lipinski definition) is 3. The summed E-state index contributed by atoms with van der Waals surface area (Å²) in [7, 11) is 0. The van der Waals surface area contributed by atoms with Crippen LogP contribution in [0.25, 0.3) is 0 Å². The SMILES string of the molecule is CCNC(=NCC(C)c1ccccc1)NCCCNC(=O)c1cccs1.I. The third-order valence-electron chi connectivity index (χ3n) is 3.91. The lowest BCUT2D eigenvalue weighted by Crippen LogP contribution is -2.39. The van der Waals surface area contributed by atoms with Crippen LogP contribution in [0.5, 0.6) is 0 Å². The van der Waals surface area contributed by atoms with E-state index in [2.05, 4.69) is 59.1 Å². The molecule has 2 aromatic rings. The molecule has 1 heterocycles. The van der Waals surface area contributed by atoms with Gasteiger partial charge in [0.2, 0.25) is 0 Å². The van der Waals surface area contributed by atoms with Crippen LogP contribution in [0.1, 0.15) is 41.4 Å². The Morgan fingerprint density at radius 1 is 1.07 bits per heavy atom. The Morgan fingerprint density at radius 3 is 2.48 bits per heavy atom. The number of hydrogen-bond donors (Lipinski definition) is 3. The number of nitrogens with zero attached hydrogens (tertiary/aromatic N) is 1. The summed E-state index contributed by atoms with van der Waals surface area (Å²) < 4.78 is 0. The largest absolute Gasteiger partial charge is 0.357 e. The van der Waals surface area contributed by atoms with Gasteiger partial charge in [-0.25, -0.2) is 0 Å². The number of halogens is 1. The lowest BCUT2D eigenvalue weighted by Gasteiger charge is -2.14. The van der Waals surface area contributed by atoms with Crippen molar-refractivity contribution in [3.63, 3.8) is 0 Å². The second kappa shape index (κ2) is 13.5. The van der Waals surface area contributed by atoms with Crippen molar-refractivity contribution in [2.45, 2.75) is 26.2 Å². The molecular weight excluding hydrogens is 471 g/mol. The van der Waals surface area contributed by atoms with Crippen LogP contribution in [0.2, 0.25) is 0 Å². The highest BCUT2D eigenvalue weighted by atomic mass is 127. The Labute approximate surface area is 183 Å². The van der Waals surface area contributed by atoms with Gasteiger partial charge in [0.05, 0.1) is 4.88 Å². The Balaban J connectivity index is 0.00000364. The summed E-state index contributed by atoms with van der Waals surface area (Å²) in [6.07, 6.45) is 0.843. The molecule has 0 aliphatic heterocycles. The topological polar surface area (TPSA) is 65.5 Å². The minimum Gasteiger partial charge on any atom is -0.357 e. The van der Waals surface area contributed by atoms with Crippen molar-refractivity contribution in [1.82, 2.24) is 16.0 Å². The fourth-order valence-corrected chi connectivity index (χ4v) is 3.09. The van der Waals surface area contributed by atoms with Crippen LogP contribution >= 0.6 is 35.3 Å². The fraction of sp³-hybridized carbons (Fsp3) is 0.400. The summed E-state index contributed by atoms with van der Waals surface area (Å²) in [5.41, 5.74) is 1.29. The van der Waals surface area contributed by atoms with Gasteiger partial charge in [-0.2, -0.15) is 0 Å². The summed E-state index contributed by atoms with van der Waals surface area (Å²) >= 11 is 1.46. The molecule has 0 saturated heterocycles. The predicted molar refractivity (Wildman–Crippen MR) is 126 cm³/mol. The van der Waals surface area contributed by atoms with Crippen molar-refractivity contribution in [2.75, 3.05) is 26.2 Å². The van der Waals surface area contributed by atoms with Gasteiger partial charge in [0.15, 0.2) is 5.96 Å². The number of aliphatic imine (C=N–C) groups is 1. The molecule has 2 rings (SSSR count). The van der Waals surface area contributed by atoms with E-state index in [0.29, 0.717) is 12.5 Å². The molecule has 0 aliphatic rings. The van der Waals surface area contributed by atoms with Crippen molar-refractivity contribution in [1.29, 1.82) is 0 Å². The van der Waals surface area contributed by atoms with E-state index in [0.717, 1.165) is 36.9 Å². The Hall–Kier alpha value is -1.61. The van der Waals surface area contributed by atoms with Gasteiger partial charge in [-0.05, 0) is 30.4 Å². The van der Waals surface area contributed by atoms with E-state index in [1.807, 2.05) is 23.6 Å². The first kappa shape index (κ1) is 23.4. The second-order valence-electron chi connectivity index (χ2n) is 6.04. The predicted octanol–water partition coefficient (Wildman–Crippen LogP) is 3.84. The minimum absolute atomic E-state index is 0. The van der Waals surface area contributed by atoms with E-state index in [-0.39, 0.29) is 29.9 Å². The van der Waals surface area contributed by atoms with E-state index in [1.54, 1.807) is 0 Å². The maximum Gasteiger partial charge on any atom is 0.261 e. The first-order valence-corrected chi connectivity index (χ1v) is 9.97. The molecule has 0 fully saturated rings. The molecule has 1 aromatic carbocycles. The third kappa shape index (κ3) is 8.75. The summed E-state index contributed by atoms with van der Waals surface area (Å²) in [4.78, 5) is 17.3. The van der Waals surface area contributed by atoms with Crippen molar-refractivity contribution in [2.24, 2.45) is 4.99 Å². The number of carbonyl (C=O) groups excluding carboxylic acids is 1. The number of nitrogens with one attached hydrogen (secondary N) is 3. The van der Waals surface area contributed by atoms with Crippen LogP contribution < -0.4 is 16.0 Å². The van der Waals surface area contributed by atoms with Crippen LogP contribution in [-0.2, 0) is 0 Å². The lowest BCUT2D eigenvalue weighted by molar-refractivity contribution is 0.0957. The smallest absolute Gasteiger partial charge is 0.261 e. The quantitative estimate of drug-likeness (QED) is 0.212. The summed E-state index contributed by atoms with van der Waals surface area (Å²) in [6, 6.07) is 14.1. The highest BCUT2D eigenvalue weighted by Gasteiger charge is 2.06. The first-order valence-electron chi connectivity index (χ1n) is 9.09. The number of carbonyl (C=O) groups is 1. The van der Waals surface area contributed by atoms with Gasteiger partial charge in [0, 0.05) is 32.1 Å². The van der Waals surface area contributed by atoms with Crippen molar-refractivity contribution in [3.8, 4) is 0 Å². The highest BCUT2D eigenvalue weighted by Crippen LogP contribution is 2.14. The van der Waals surface area contributed by atoms with Crippen molar-refractivity contribution >= 4 is 47.2 Å². The lowest BCUT2D eigenvalue weighted by atomic mass is 10.0. The number of benzene rings is 1. The monoisotopic (exact) mass is 500 g/mol. The van der Waals surface area contributed by atoms with Crippen LogP contribution in [0.4, 0.5) is 0 Å². The molecule has 27 heavy (non-hydrogen) atoms. The summed E-state index contributed by atoms with van der Waals surface area (Å²) in [5.74, 6) is 1.19. The molecule has 0 saturated carbocycles. The number of thiophene rings is 1. The Bertz CT molecular complexity index is 677. The molecule has 1 aromatic heterocycles. The number of guanidine groups is 1. The molecule has 1 atom stereocenters. The third-order valence-corrected chi connectivity index (χ3v) is 4.78. The van der Waals surface area contributed by atoms with Gasteiger partial charge in [-0.1, -0.05) is 43.3 Å². The standard InChI is InChI=1S/C20H28N4OS.HI/c1-3-21-20(24-15-16(2)17-9-5-4-6-10-17)23-13-8-12-22-19(25)18-11-7-14-26-18;/h4-7,9-11,14,16H,3,8,12-13,15H2,1-2H3,(H,22,25)(H2,21,23,24);1H. The average Bonchev–Trinajstić information content (AvgIpc) is 3.21. The molecule has 0 bridgehead atoms. The van der Waals surface area contributed by atoms with E-state index in [4.69, 9.17) is 0 Å². The molecular formula is C20H29IN4OS. The van der Waals surface area contributed by atoms with Gasteiger partial charge in [-0.15, -0.1) is 35.3 Å². The number of amides is 1. The first-order chi connectivity index (χ1) is 12.7. The van der Waals surface area contributed by atoms with Crippen LogP contribution in [0.15, 0.2) is 52.8 Å². The zero-order chi connectivity index (χ0) is 18.6. The number of rotatable bonds is 9. The molecule has 5 nitrogen and oxygen atoms in total. The zero-order valence-corrected chi connectivity index (χ0v) is 19.1. The molecule has 0 radical (unpaired) electrons. The maximum atomic E-state index is 11.9. The fourth-order valence-electron chi connectivity index (χ4n) is 2.45. The summed E-state index contributed by atoms with van der Waals surface area (Å²) in [6.45, 7) is 7.19. The molecule has 148 valence electrons. The van der Waals surface area contributed by atoms with E-state index >= 15 is 0 Å². The van der Waals surface area contributed by atoms with Gasteiger partial charge >= 0.3 is 0 Å². The molecule has 3 N–H and O–H groups in total. The minimum atomic E-state index is -0.00254. The van der Waals surface area contributed by atoms with Crippen molar-refractivity contribution < 1.29 is 4.79 Å². The molecule has 1 unspecified atom stereocenters. The van der Waals surface area contributed by atoms with Crippen LogP contribution in [0, 0.1) is 0 Å². The van der Waals surface area contributed by atoms with Crippen LogP contribution in [0.3, 0.4) is 0 Å². The molecule has 1 amide bonds. The maximum absolute atomic E-state index is 11.9. The molecule has 0 spiro atoms. The van der Waals surface area contributed by atoms with E-state index < -0.39 is 0 Å². The Kier molecular flexibility index (Phi) is 11.8.